The quantitative estimate of drug-likeness (QED) is 0.295. The van der Waals surface area contributed by atoms with Crippen molar-refractivity contribution in [2.45, 2.75) is 18.6 Å². The molecule has 0 bridgehead atoms. The highest BCUT2D eigenvalue weighted by atomic mass is 79.9. The summed E-state index contributed by atoms with van der Waals surface area (Å²) in [6.45, 7) is 0.561. The fourth-order valence-corrected chi connectivity index (χ4v) is 6.12. The maximum absolute atomic E-state index is 13.3. The molecule has 0 spiro atoms. The van der Waals surface area contributed by atoms with Crippen LogP contribution in [0, 0.1) is 0 Å². The predicted octanol–water partition coefficient (Wildman–Crippen LogP) is 5.71. The van der Waals surface area contributed by atoms with E-state index >= 15 is 0 Å². The molecule has 1 atom stereocenters. The van der Waals surface area contributed by atoms with Crippen LogP contribution in [-0.2, 0) is 25.6 Å². The number of hydrogen-bond donors (Lipinski definition) is 1. The standard InChI is InChI=1S/C27H19BrCl2N4O2/c1-33-14-31-32-26(33)27(36,17-5-7-19(29)8-6-17)18-11-16-9-10-34-24(16)21(13-18)22(23(28)25(34)35)15-3-2-4-20(30)12-15/h2-8,11-14,36H,9-10H2,1H3. The van der Waals surface area contributed by atoms with Crippen LogP contribution in [0.5, 0.6) is 0 Å². The summed E-state index contributed by atoms with van der Waals surface area (Å²) in [6.07, 6.45) is 2.22. The second-order valence-corrected chi connectivity index (χ2v) is 10.6. The van der Waals surface area contributed by atoms with Gasteiger partial charge in [-0.2, -0.15) is 0 Å². The number of aromatic nitrogens is 4. The summed E-state index contributed by atoms with van der Waals surface area (Å²) in [5.41, 5.74) is 2.88. The van der Waals surface area contributed by atoms with Gasteiger partial charge >= 0.3 is 0 Å². The van der Waals surface area contributed by atoms with Gasteiger partial charge in [0, 0.05) is 34.6 Å². The van der Waals surface area contributed by atoms with E-state index in [4.69, 9.17) is 23.2 Å². The molecule has 3 aromatic carbocycles. The number of aliphatic hydroxyl groups is 1. The summed E-state index contributed by atoms with van der Waals surface area (Å²) in [7, 11) is 1.79. The molecule has 0 fully saturated rings. The molecule has 5 aromatic rings. The van der Waals surface area contributed by atoms with Crippen LogP contribution < -0.4 is 5.56 Å². The van der Waals surface area contributed by atoms with E-state index in [0.29, 0.717) is 44.4 Å². The van der Waals surface area contributed by atoms with E-state index in [-0.39, 0.29) is 5.56 Å². The third kappa shape index (κ3) is 3.45. The van der Waals surface area contributed by atoms with Crippen LogP contribution in [0.3, 0.4) is 0 Å². The Morgan fingerprint density at radius 2 is 1.81 bits per heavy atom. The molecule has 9 heteroatoms. The molecule has 180 valence electrons. The maximum Gasteiger partial charge on any atom is 0.266 e. The molecule has 1 N–H and O–H groups in total. The van der Waals surface area contributed by atoms with Crippen LogP contribution in [0.4, 0.5) is 0 Å². The highest BCUT2D eigenvalue weighted by Gasteiger charge is 2.40. The minimum Gasteiger partial charge on any atom is -0.373 e. The third-order valence-corrected chi connectivity index (χ3v) is 8.04. The summed E-state index contributed by atoms with van der Waals surface area (Å²) < 4.78 is 3.94. The molecule has 36 heavy (non-hydrogen) atoms. The Bertz CT molecular complexity index is 1730. The topological polar surface area (TPSA) is 72.9 Å². The van der Waals surface area contributed by atoms with Gasteiger partial charge in [-0.25, -0.2) is 0 Å². The third-order valence-electron chi connectivity index (χ3n) is 6.81. The molecule has 1 aliphatic heterocycles. The van der Waals surface area contributed by atoms with E-state index < -0.39 is 5.60 Å². The van der Waals surface area contributed by atoms with Gasteiger partial charge in [-0.3, -0.25) is 4.79 Å². The summed E-state index contributed by atoms with van der Waals surface area (Å²) in [5.74, 6) is 0.367. The summed E-state index contributed by atoms with van der Waals surface area (Å²) in [5, 5.41) is 22.7. The first-order valence-corrected chi connectivity index (χ1v) is 12.8. The van der Waals surface area contributed by atoms with Crippen molar-refractivity contribution in [2.75, 3.05) is 0 Å². The van der Waals surface area contributed by atoms with Gasteiger partial charge in [0.1, 0.15) is 6.33 Å². The SMILES string of the molecule is Cn1cnnc1C(O)(c1ccc(Cl)cc1)c1cc2c3c(c1)c(-c1cccc(Cl)c1)c(Br)c(=O)n3CC2. The lowest BCUT2D eigenvalue weighted by Crippen LogP contribution is -2.32. The zero-order chi connectivity index (χ0) is 25.2. The average Bonchev–Trinajstić information content (AvgIpc) is 3.50. The molecule has 6 rings (SSSR count). The summed E-state index contributed by atoms with van der Waals surface area (Å²) in [4.78, 5) is 13.3. The van der Waals surface area contributed by atoms with E-state index in [0.717, 1.165) is 27.6 Å². The Kier molecular flexibility index (Phi) is 5.57. The molecule has 1 aliphatic rings. The Hall–Kier alpha value is -2.97. The fraction of sp³-hybridized carbons (Fsp3) is 0.148. The van der Waals surface area contributed by atoms with Gasteiger partial charge in [-0.1, -0.05) is 47.5 Å². The van der Waals surface area contributed by atoms with Crippen molar-refractivity contribution >= 4 is 50.0 Å². The monoisotopic (exact) mass is 580 g/mol. The van der Waals surface area contributed by atoms with Crippen molar-refractivity contribution in [1.29, 1.82) is 0 Å². The second-order valence-electron chi connectivity index (χ2n) is 8.92. The van der Waals surface area contributed by atoms with Crippen LogP contribution >= 0.6 is 39.1 Å². The van der Waals surface area contributed by atoms with E-state index in [1.165, 1.54) is 0 Å². The molecule has 0 saturated carbocycles. The van der Waals surface area contributed by atoms with E-state index in [9.17, 15) is 9.90 Å². The van der Waals surface area contributed by atoms with Crippen LogP contribution in [0.25, 0.3) is 22.0 Å². The van der Waals surface area contributed by atoms with Gasteiger partial charge < -0.3 is 14.2 Å². The van der Waals surface area contributed by atoms with E-state index in [2.05, 4.69) is 26.1 Å². The van der Waals surface area contributed by atoms with Crippen molar-refractivity contribution < 1.29 is 5.11 Å². The molecule has 1 unspecified atom stereocenters. The summed E-state index contributed by atoms with van der Waals surface area (Å²) >= 11 is 16.1. The highest BCUT2D eigenvalue weighted by Crippen LogP contribution is 2.43. The van der Waals surface area contributed by atoms with E-state index in [1.807, 2.05) is 30.3 Å². The number of nitrogens with zero attached hydrogens (tertiary/aromatic N) is 4. The van der Waals surface area contributed by atoms with Crippen LogP contribution in [0.1, 0.15) is 22.5 Å². The van der Waals surface area contributed by atoms with Gasteiger partial charge in [-0.15, -0.1) is 10.2 Å². The van der Waals surface area contributed by atoms with Crippen LogP contribution in [0.15, 0.2) is 76.3 Å². The zero-order valence-corrected chi connectivity index (χ0v) is 22.1. The van der Waals surface area contributed by atoms with Crippen molar-refractivity contribution in [1.82, 2.24) is 19.3 Å². The Labute approximate surface area is 224 Å². The fourth-order valence-electron chi connectivity index (χ4n) is 5.15. The first-order chi connectivity index (χ1) is 17.3. The van der Waals surface area contributed by atoms with Gasteiger partial charge in [0.2, 0.25) is 0 Å². The second kappa shape index (κ2) is 8.56. The number of rotatable bonds is 4. The lowest BCUT2D eigenvalue weighted by molar-refractivity contribution is 0.112. The van der Waals surface area contributed by atoms with E-state index in [1.54, 1.807) is 52.8 Å². The van der Waals surface area contributed by atoms with Gasteiger partial charge in [0.25, 0.3) is 5.56 Å². The van der Waals surface area contributed by atoms with Gasteiger partial charge in [-0.05, 0) is 81.0 Å². The average molecular weight is 582 g/mol. The number of halogens is 3. The minimum atomic E-state index is -1.62. The van der Waals surface area contributed by atoms with Crippen molar-refractivity contribution in [3.63, 3.8) is 0 Å². The molecule has 0 aliphatic carbocycles. The Morgan fingerprint density at radius 1 is 1.03 bits per heavy atom. The number of hydrogen-bond acceptors (Lipinski definition) is 4. The predicted molar refractivity (Wildman–Crippen MR) is 145 cm³/mol. The summed E-state index contributed by atoms with van der Waals surface area (Å²) in [6, 6.07) is 18.4. The largest absolute Gasteiger partial charge is 0.373 e. The van der Waals surface area contributed by atoms with Crippen molar-refractivity contribution in [3.8, 4) is 11.1 Å². The van der Waals surface area contributed by atoms with Crippen LogP contribution in [-0.4, -0.2) is 24.4 Å². The molecule has 6 nitrogen and oxygen atoms in total. The Morgan fingerprint density at radius 3 is 2.50 bits per heavy atom. The molecule has 0 radical (unpaired) electrons. The Balaban J connectivity index is 1.73. The highest BCUT2D eigenvalue weighted by molar-refractivity contribution is 9.10. The molecular weight excluding hydrogens is 563 g/mol. The lowest BCUT2D eigenvalue weighted by Gasteiger charge is -2.29. The molecular formula is C27H19BrCl2N4O2. The molecule has 3 heterocycles. The van der Waals surface area contributed by atoms with Gasteiger partial charge in [0.15, 0.2) is 11.4 Å². The molecule has 0 saturated heterocycles. The first kappa shape index (κ1) is 23.4. The van der Waals surface area contributed by atoms with Crippen molar-refractivity contribution in [2.24, 2.45) is 7.05 Å². The lowest BCUT2D eigenvalue weighted by atomic mass is 9.83. The normalized spacial score (nSPS) is 14.4. The van der Waals surface area contributed by atoms with Crippen LogP contribution in [0.2, 0.25) is 10.0 Å². The molecule has 2 aromatic heterocycles. The number of aryl methyl sites for hydroxylation is 3. The minimum absolute atomic E-state index is 0.0924. The van der Waals surface area contributed by atoms with Crippen molar-refractivity contribution in [3.05, 3.63) is 114 Å². The zero-order valence-electron chi connectivity index (χ0n) is 19.0. The molecule has 0 amide bonds. The van der Waals surface area contributed by atoms with Gasteiger partial charge in [0.05, 0.1) is 9.99 Å². The number of pyridine rings is 1. The smallest absolute Gasteiger partial charge is 0.266 e. The maximum atomic E-state index is 13.3. The number of benzene rings is 3. The first-order valence-electron chi connectivity index (χ1n) is 11.3.